The van der Waals surface area contributed by atoms with Gasteiger partial charge in [-0.15, -0.1) is 0 Å². The minimum atomic E-state index is -4.42. The number of halogens is 3. The summed E-state index contributed by atoms with van der Waals surface area (Å²) in [5.74, 6) is -0.211. The minimum absolute atomic E-state index is 0.0219. The van der Waals surface area contributed by atoms with E-state index < -0.39 is 11.7 Å². The van der Waals surface area contributed by atoms with Crippen LogP contribution >= 0.6 is 0 Å². The first-order chi connectivity index (χ1) is 7.45. The van der Waals surface area contributed by atoms with Gasteiger partial charge in [0.15, 0.2) is 5.76 Å². The molecule has 1 rings (SSSR count). The van der Waals surface area contributed by atoms with E-state index in [1.165, 1.54) is 18.2 Å². The van der Waals surface area contributed by atoms with Crippen LogP contribution in [0.1, 0.15) is 11.1 Å². The molecule has 0 bridgehead atoms. The van der Waals surface area contributed by atoms with Crippen LogP contribution in [0.25, 0.3) is 0 Å². The molecule has 0 radical (unpaired) electrons. The molecule has 1 aromatic rings. The van der Waals surface area contributed by atoms with E-state index in [-0.39, 0.29) is 17.9 Å². The fraction of sp³-hybridized carbons (Fsp3) is 0.182. The van der Waals surface area contributed by atoms with E-state index in [1.807, 2.05) is 0 Å². The number of allylic oxidation sites excluding steroid dienone is 1. The van der Waals surface area contributed by atoms with Gasteiger partial charge in [-0.05, 0) is 12.6 Å². The number of benzene rings is 1. The van der Waals surface area contributed by atoms with Crippen LogP contribution in [0, 0.1) is 11.3 Å². The van der Waals surface area contributed by atoms with Crippen LogP contribution in [-0.2, 0) is 17.5 Å². The van der Waals surface area contributed by atoms with Crippen molar-refractivity contribution in [3.63, 3.8) is 0 Å². The number of rotatable bonds is 3. The van der Waals surface area contributed by atoms with Crippen LogP contribution in [0.5, 0.6) is 0 Å². The maximum Gasteiger partial charge on any atom is 0.416 e. The molecular formula is C11H8F3NO. The average Bonchev–Trinajstić information content (AvgIpc) is 2.25. The largest absolute Gasteiger partial charge is 0.479 e. The Labute approximate surface area is 90.6 Å². The summed E-state index contributed by atoms with van der Waals surface area (Å²) in [4.78, 5) is 0. The smallest absolute Gasteiger partial charge is 0.416 e. The van der Waals surface area contributed by atoms with Crippen molar-refractivity contribution in [2.75, 3.05) is 0 Å². The summed E-state index contributed by atoms with van der Waals surface area (Å²) in [5.41, 5.74) is -0.785. The molecule has 0 atom stereocenters. The second-order valence-electron chi connectivity index (χ2n) is 2.98. The first-order valence-corrected chi connectivity index (χ1v) is 4.32. The Balaban J connectivity index is 2.89. The SMILES string of the molecule is C=C(C#N)OCc1ccccc1C(F)(F)F. The molecule has 0 aromatic heterocycles. The van der Waals surface area contributed by atoms with E-state index in [1.54, 1.807) is 6.07 Å². The highest BCUT2D eigenvalue weighted by Crippen LogP contribution is 2.32. The van der Waals surface area contributed by atoms with E-state index in [4.69, 9.17) is 10.00 Å². The molecule has 0 saturated carbocycles. The Hall–Kier alpha value is -1.96. The van der Waals surface area contributed by atoms with Crippen LogP contribution in [0.4, 0.5) is 13.2 Å². The van der Waals surface area contributed by atoms with Crippen molar-refractivity contribution in [2.24, 2.45) is 0 Å². The summed E-state index contributed by atoms with van der Waals surface area (Å²) >= 11 is 0. The lowest BCUT2D eigenvalue weighted by Crippen LogP contribution is -2.09. The molecule has 0 aliphatic carbocycles. The molecular weight excluding hydrogens is 219 g/mol. The summed E-state index contributed by atoms with van der Waals surface area (Å²) in [6, 6.07) is 6.63. The van der Waals surface area contributed by atoms with Gasteiger partial charge in [0.05, 0.1) is 5.56 Å². The van der Waals surface area contributed by atoms with Gasteiger partial charge < -0.3 is 4.74 Å². The zero-order chi connectivity index (χ0) is 12.2. The summed E-state index contributed by atoms with van der Waals surface area (Å²) in [6.07, 6.45) is -4.42. The molecule has 0 spiro atoms. The Morgan fingerprint density at radius 1 is 1.38 bits per heavy atom. The van der Waals surface area contributed by atoms with E-state index >= 15 is 0 Å². The summed E-state index contributed by atoms with van der Waals surface area (Å²) < 4.78 is 42.3. The first kappa shape index (κ1) is 12.1. The van der Waals surface area contributed by atoms with Crippen molar-refractivity contribution >= 4 is 0 Å². The molecule has 0 unspecified atom stereocenters. The lowest BCUT2D eigenvalue weighted by Gasteiger charge is -2.12. The molecule has 2 nitrogen and oxygen atoms in total. The minimum Gasteiger partial charge on any atom is -0.479 e. The second kappa shape index (κ2) is 4.71. The van der Waals surface area contributed by atoms with Gasteiger partial charge in [-0.3, -0.25) is 0 Å². The molecule has 0 aliphatic rings. The van der Waals surface area contributed by atoms with Gasteiger partial charge in [-0.2, -0.15) is 18.4 Å². The van der Waals surface area contributed by atoms with E-state index in [0.29, 0.717) is 0 Å². The fourth-order valence-electron chi connectivity index (χ4n) is 1.12. The third-order valence-electron chi connectivity index (χ3n) is 1.85. The van der Waals surface area contributed by atoms with Crippen molar-refractivity contribution in [1.82, 2.24) is 0 Å². The van der Waals surface area contributed by atoms with E-state index in [0.717, 1.165) is 6.07 Å². The average molecular weight is 227 g/mol. The Morgan fingerprint density at radius 3 is 2.56 bits per heavy atom. The summed E-state index contributed by atoms with van der Waals surface area (Å²) in [7, 11) is 0. The molecule has 1 aromatic carbocycles. The number of hydrogen-bond acceptors (Lipinski definition) is 2. The van der Waals surface area contributed by atoms with Crippen molar-refractivity contribution in [3.05, 3.63) is 47.7 Å². The van der Waals surface area contributed by atoms with Crippen LogP contribution in [0.2, 0.25) is 0 Å². The lowest BCUT2D eigenvalue weighted by atomic mass is 10.1. The maximum absolute atomic E-state index is 12.5. The Kier molecular flexibility index (Phi) is 3.56. The molecule has 0 fully saturated rings. The van der Waals surface area contributed by atoms with Gasteiger partial charge >= 0.3 is 6.18 Å². The predicted octanol–water partition coefficient (Wildman–Crippen LogP) is 3.26. The highest BCUT2D eigenvalue weighted by atomic mass is 19.4. The van der Waals surface area contributed by atoms with Gasteiger partial charge in [0.1, 0.15) is 12.7 Å². The van der Waals surface area contributed by atoms with Crippen molar-refractivity contribution in [2.45, 2.75) is 12.8 Å². The molecule has 16 heavy (non-hydrogen) atoms. The van der Waals surface area contributed by atoms with Crippen molar-refractivity contribution < 1.29 is 17.9 Å². The summed E-state index contributed by atoms with van der Waals surface area (Å²) in [6.45, 7) is 2.90. The Morgan fingerprint density at radius 2 is 2.00 bits per heavy atom. The maximum atomic E-state index is 12.5. The van der Waals surface area contributed by atoms with Gasteiger partial charge in [0.25, 0.3) is 0 Å². The van der Waals surface area contributed by atoms with Crippen LogP contribution in [0.3, 0.4) is 0 Å². The van der Waals surface area contributed by atoms with Crippen molar-refractivity contribution in [1.29, 1.82) is 5.26 Å². The zero-order valence-corrected chi connectivity index (χ0v) is 8.21. The first-order valence-electron chi connectivity index (χ1n) is 4.32. The monoisotopic (exact) mass is 227 g/mol. The highest BCUT2D eigenvalue weighted by Gasteiger charge is 2.32. The number of alkyl halides is 3. The highest BCUT2D eigenvalue weighted by molar-refractivity contribution is 5.29. The van der Waals surface area contributed by atoms with Gasteiger partial charge in [0, 0.05) is 5.56 Å². The Bertz CT molecular complexity index is 432. The molecule has 84 valence electrons. The van der Waals surface area contributed by atoms with E-state index in [2.05, 4.69) is 6.58 Å². The van der Waals surface area contributed by atoms with Crippen LogP contribution in [0.15, 0.2) is 36.6 Å². The lowest BCUT2D eigenvalue weighted by molar-refractivity contribution is -0.138. The molecule has 0 N–H and O–H groups in total. The molecule has 0 amide bonds. The number of nitrogens with zero attached hydrogens (tertiary/aromatic N) is 1. The number of hydrogen-bond donors (Lipinski definition) is 0. The van der Waals surface area contributed by atoms with Crippen LogP contribution < -0.4 is 0 Å². The second-order valence-corrected chi connectivity index (χ2v) is 2.98. The van der Waals surface area contributed by atoms with Gasteiger partial charge in [-0.25, -0.2) is 0 Å². The predicted molar refractivity (Wildman–Crippen MR) is 51.0 cm³/mol. The third-order valence-corrected chi connectivity index (χ3v) is 1.85. The molecule has 0 heterocycles. The van der Waals surface area contributed by atoms with Crippen molar-refractivity contribution in [3.8, 4) is 6.07 Å². The number of ether oxygens (including phenoxy) is 1. The third kappa shape index (κ3) is 3.02. The van der Waals surface area contributed by atoms with Gasteiger partial charge in [0.2, 0.25) is 0 Å². The molecule has 0 saturated heterocycles. The quantitative estimate of drug-likeness (QED) is 0.586. The molecule has 5 heteroatoms. The number of nitriles is 1. The standard InChI is InChI=1S/C11H8F3NO/c1-8(6-15)16-7-9-4-2-3-5-10(9)11(12,13)14/h2-5H,1,7H2. The summed E-state index contributed by atoms with van der Waals surface area (Å²) in [5, 5.41) is 8.35. The van der Waals surface area contributed by atoms with Gasteiger partial charge in [-0.1, -0.05) is 18.2 Å². The topological polar surface area (TPSA) is 33.0 Å². The van der Waals surface area contributed by atoms with Crippen LogP contribution in [-0.4, -0.2) is 0 Å². The van der Waals surface area contributed by atoms with E-state index in [9.17, 15) is 13.2 Å². The normalized spacial score (nSPS) is 10.6. The zero-order valence-electron chi connectivity index (χ0n) is 8.21. The molecule has 0 aliphatic heterocycles. The fourth-order valence-corrected chi connectivity index (χ4v) is 1.12.